The topological polar surface area (TPSA) is 67.0 Å². The second-order valence-corrected chi connectivity index (χ2v) is 5.31. The monoisotopic (exact) mass is 305 g/mol. The van der Waals surface area contributed by atoms with E-state index in [1.54, 1.807) is 25.1 Å². The molecular weight excluding hydrogens is 285 g/mol. The Hall–Kier alpha value is -2.21. The summed E-state index contributed by atoms with van der Waals surface area (Å²) < 4.78 is 18.6. The van der Waals surface area contributed by atoms with E-state index in [4.69, 9.17) is 4.74 Å². The maximum absolute atomic E-state index is 13.3. The molecule has 0 aliphatic rings. The van der Waals surface area contributed by atoms with E-state index >= 15 is 0 Å². The van der Waals surface area contributed by atoms with Gasteiger partial charge >= 0.3 is 0 Å². The van der Waals surface area contributed by atoms with Crippen molar-refractivity contribution in [3.8, 4) is 11.3 Å². The lowest BCUT2D eigenvalue weighted by Crippen LogP contribution is -2.28. The molecule has 0 saturated carbocycles. The molecule has 1 amide bonds. The average Bonchev–Trinajstić information content (AvgIpc) is 2.96. The molecule has 1 aromatic heterocycles. The third-order valence-electron chi connectivity index (χ3n) is 3.11. The SMILES string of the molecule is Cc1cc(-c2cc(C(=O)NCCOC(C)C)[nH]n2)ccc1F. The van der Waals surface area contributed by atoms with Crippen molar-refractivity contribution in [3.63, 3.8) is 0 Å². The molecule has 0 bridgehead atoms. The van der Waals surface area contributed by atoms with E-state index in [-0.39, 0.29) is 17.8 Å². The lowest BCUT2D eigenvalue weighted by atomic mass is 10.1. The van der Waals surface area contributed by atoms with Crippen molar-refractivity contribution in [2.45, 2.75) is 26.9 Å². The van der Waals surface area contributed by atoms with E-state index in [1.165, 1.54) is 6.07 Å². The number of carbonyl (C=O) groups is 1. The van der Waals surface area contributed by atoms with Crippen LogP contribution in [0.5, 0.6) is 0 Å². The number of carbonyl (C=O) groups excluding carboxylic acids is 1. The van der Waals surface area contributed by atoms with Crippen LogP contribution in [0.3, 0.4) is 0 Å². The summed E-state index contributed by atoms with van der Waals surface area (Å²) >= 11 is 0. The van der Waals surface area contributed by atoms with E-state index < -0.39 is 0 Å². The largest absolute Gasteiger partial charge is 0.377 e. The number of hydrogen-bond acceptors (Lipinski definition) is 3. The van der Waals surface area contributed by atoms with Crippen LogP contribution in [0.25, 0.3) is 11.3 Å². The first-order valence-corrected chi connectivity index (χ1v) is 7.19. The summed E-state index contributed by atoms with van der Waals surface area (Å²) in [5.41, 5.74) is 2.27. The van der Waals surface area contributed by atoms with Crippen molar-refractivity contribution < 1.29 is 13.9 Å². The van der Waals surface area contributed by atoms with Crippen LogP contribution in [0, 0.1) is 12.7 Å². The number of benzene rings is 1. The Morgan fingerprint density at radius 2 is 2.18 bits per heavy atom. The number of aryl methyl sites for hydroxylation is 1. The highest BCUT2D eigenvalue weighted by atomic mass is 19.1. The Kier molecular flexibility index (Phi) is 5.27. The first kappa shape index (κ1) is 16.2. The number of hydrogen-bond donors (Lipinski definition) is 2. The summed E-state index contributed by atoms with van der Waals surface area (Å²) in [6.07, 6.45) is 0.136. The maximum Gasteiger partial charge on any atom is 0.269 e. The van der Waals surface area contributed by atoms with E-state index in [0.29, 0.717) is 30.1 Å². The van der Waals surface area contributed by atoms with Gasteiger partial charge in [0.25, 0.3) is 5.91 Å². The summed E-state index contributed by atoms with van der Waals surface area (Å²) in [7, 11) is 0. The summed E-state index contributed by atoms with van der Waals surface area (Å²) in [4.78, 5) is 12.0. The zero-order valence-corrected chi connectivity index (χ0v) is 12.9. The first-order chi connectivity index (χ1) is 10.5. The molecule has 1 heterocycles. The van der Waals surface area contributed by atoms with Crippen molar-refractivity contribution in [1.29, 1.82) is 0 Å². The number of halogens is 1. The number of nitrogens with zero attached hydrogens (tertiary/aromatic N) is 1. The van der Waals surface area contributed by atoms with E-state index in [1.807, 2.05) is 13.8 Å². The summed E-state index contributed by atoms with van der Waals surface area (Å²) in [6.45, 7) is 6.46. The number of rotatable bonds is 6. The molecule has 0 unspecified atom stereocenters. The minimum Gasteiger partial charge on any atom is -0.377 e. The molecular formula is C16H20FN3O2. The van der Waals surface area contributed by atoms with Crippen LogP contribution in [0.4, 0.5) is 4.39 Å². The fourth-order valence-corrected chi connectivity index (χ4v) is 1.94. The molecule has 2 rings (SSSR count). The first-order valence-electron chi connectivity index (χ1n) is 7.19. The van der Waals surface area contributed by atoms with Crippen LogP contribution in [-0.2, 0) is 4.74 Å². The zero-order chi connectivity index (χ0) is 16.1. The summed E-state index contributed by atoms with van der Waals surface area (Å²) in [5.74, 6) is -0.507. The predicted octanol–water partition coefficient (Wildman–Crippen LogP) is 2.68. The van der Waals surface area contributed by atoms with Gasteiger partial charge in [-0.2, -0.15) is 5.10 Å². The number of nitrogens with one attached hydrogen (secondary N) is 2. The average molecular weight is 305 g/mol. The molecule has 2 N–H and O–H groups in total. The van der Waals surface area contributed by atoms with Gasteiger partial charge in [0, 0.05) is 12.1 Å². The van der Waals surface area contributed by atoms with Gasteiger partial charge in [-0.3, -0.25) is 9.89 Å². The van der Waals surface area contributed by atoms with Crippen molar-refractivity contribution in [3.05, 3.63) is 41.3 Å². The van der Waals surface area contributed by atoms with E-state index in [9.17, 15) is 9.18 Å². The fourth-order valence-electron chi connectivity index (χ4n) is 1.94. The molecule has 0 radical (unpaired) electrons. The molecule has 5 nitrogen and oxygen atoms in total. The van der Waals surface area contributed by atoms with Crippen LogP contribution >= 0.6 is 0 Å². The Balaban J connectivity index is 1.98. The number of H-pyrrole nitrogens is 1. The Labute approximate surface area is 128 Å². The molecule has 0 aliphatic heterocycles. The van der Waals surface area contributed by atoms with Crippen molar-refractivity contribution in [1.82, 2.24) is 15.5 Å². The van der Waals surface area contributed by atoms with Crippen LogP contribution in [0.1, 0.15) is 29.9 Å². The van der Waals surface area contributed by atoms with Crippen LogP contribution < -0.4 is 5.32 Å². The second kappa shape index (κ2) is 7.17. The highest BCUT2D eigenvalue weighted by Gasteiger charge is 2.11. The molecule has 118 valence electrons. The standard InChI is InChI=1S/C16H20FN3O2/c1-10(2)22-7-6-18-16(21)15-9-14(19-20-15)12-4-5-13(17)11(3)8-12/h4-5,8-10H,6-7H2,1-3H3,(H,18,21)(H,19,20). The lowest BCUT2D eigenvalue weighted by Gasteiger charge is -2.07. The van der Waals surface area contributed by atoms with E-state index in [2.05, 4.69) is 15.5 Å². The molecule has 6 heteroatoms. The Bertz CT molecular complexity index is 653. The molecule has 0 fully saturated rings. The third-order valence-corrected chi connectivity index (χ3v) is 3.11. The van der Waals surface area contributed by atoms with Gasteiger partial charge in [0.15, 0.2) is 0 Å². The van der Waals surface area contributed by atoms with Crippen molar-refractivity contribution in [2.24, 2.45) is 0 Å². The Morgan fingerprint density at radius 3 is 2.86 bits per heavy atom. The Morgan fingerprint density at radius 1 is 1.41 bits per heavy atom. The lowest BCUT2D eigenvalue weighted by molar-refractivity contribution is 0.0745. The van der Waals surface area contributed by atoms with Gasteiger partial charge in [-0.15, -0.1) is 0 Å². The normalized spacial score (nSPS) is 11.0. The molecule has 22 heavy (non-hydrogen) atoms. The quantitative estimate of drug-likeness (QED) is 0.806. The van der Waals surface area contributed by atoms with Crippen molar-refractivity contribution >= 4 is 5.91 Å². The minimum atomic E-state index is -0.262. The number of aromatic amines is 1. The molecule has 0 saturated heterocycles. The van der Waals surface area contributed by atoms with Gasteiger partial charge in [-0.25, -0.2) is 4.39 Å². The number of amides is 1. The molecule has 0 spiro atoms. The second-order valence-electron chi connectivity index (χ2n) is 5.31. The van der Waals surface area contributed by atoms with E-state index in [0.717, 1.165) is 5.56 Å². The smallest absolute Gasteiger partial charge is 0.269 e. The molecule has 1 aromatic carbocycles. The molecule has 0 atom stereocenters. The molecule has 2 aromatic rings. The predicted molar refractivity (Wildman–Crippen MR) is 82.1 cm³/mol. The van der Waals surface area contributed by atoms with Crippen molar-refractivity contribution in [2.75, 3.05) is 13.2 Å². The highest BCUT2D eigenvalue weighted by molar-refractivity contribution is 5.93. The highest BCUT2D eigenvalue weighted by Crippen LogP contribution is 2.20. The number of aromatic nitrogens is 2. The van der Waals surface area contributed by atoms with Crippen LogP contribution in [-0.4, -0.2) is 35.4 Å². The summed E-state index contributed by atoms with van der Waals surface area (Å²) in [6, 6.07) is 6.37. The van der Waals surface area contributed by atoms with Crippen LogP contribution in [0.15, 0.2) is 24.3 Å². The third kappa shape index (κ3) is 4.14. The van der Waals surface area contributed by atoms with Gasteiger partial charge < -0.3 is 10.1 Å². The number of ether oxygens (including phenoxy) is 1. The fraction of sp³-hybridized carbons (Fsp3) is 0.375. The van der Waals surface area contributed by atoms with Gasteiger partial charge in [-0.1, -0.05) is 0 Å². The van der Waals surface area contributed by atoms with Crippen LogP contribution in [0.2, 0.25) is 0 Å². The minimum absolute atomic E-state index is 0.136. The molecule has 0 aliphatic carbocycles. The van der Waals surface area contributed by atoms with Gasteiger partial charge in [0.05, 0.1) is 18.4 Å². The maximum atomic E-state index is 13.3. The van der Waals surface area contributed by atoms with Gasteiger partial charge in [0.2, 0.25) is 0 Å². The zero-order valence-electron chi connectivity index (χ0n) is 12.9. The van der Waals surface area contributed by atoms with Gasteiger partial charge in [0.1, 0.15) is 11.5 Å². The van der Waals surface area contributed by atoms with Gasteiger partial charge in [-0.05, 0) is 50.6 Å². The summed E-state index contributed by atoms with van der Waals surface area (Å²) in [5, 5.41) is 9.53.